The number of ether oxygens (including phenoxy) is 3. The van der Waals surface area contributed by atoms with Crippen molar-refractivity contribution in [3.05, 3.63) is 42.8 Å². The highest BCUT2D eigenvalue weighted by atomic mass is 19.4. The largest absolute Gasteiger partial charge is 0.573 e. The van der Waals surface area contributed by atoms with Crippen LogP contribution in [0.3, 0.4) is 0 Å². The molecule has 142 valence electrons. The van der Waals surface area contributed by atoms with Gasteiger partial charge in [-0.15, -0.1) is 13.2 Å². The Morgan fingerprint density at radius 1 is 0.963 bits per heavy atom. The second kappa shape index (κ2) is 7.10. The molecule has 0 unspecified atom stereocenters. The van der Waals surface area contributed by atoms with Crippen LogP contribution in [-0.2, 0) is 0 Å². The molecule has 1 aromatic heterocycles. The molecule has 0 aliphatic heterocycles. The summed E-state index contributed by atoms with van der Waals surface area (Å²) in [5.41, 5.74) is 1.32. The monoisotopic (exact) mass is 381 g/mol. The number of alkyl halides is 3. The van der Waals surface area contributed by atoms with Gasteiger partial charge in [0.1, 0.15) is 17.2 Å². The van der Waals surface area contributed by atoms with Gasteiger partial charge in [-0.05, 0) is 30.3 Å². The third-order valence-corrected chi connectivity index (χ3v) is 3.64. The predicted molar refractivity (Wildman–Crippen MR) is 88.8 cm³/mol. The minimum atomic E-state index is -4.91. The number of rotatable bonds is 5. The summed E-state index contributed by atoms with van der Waals surface area (Å²) >= 11 is 0. The van der Waals surface area contributed by atoms with Crippen LogP contribution in [0.1, 0.15) is 0 Å². The number of aromatic hydroxyl groups is 1. The number of aromatic nitrogens is 1. The Bertz CT molecular complexity index is 930. The molecule has 1 heterocycles. The number of phenolic OH excluding ortho intramolecular Hbond substituents is 1. The van der Waals surface area contributed by atoms with E-state index in [9.17, 15) is 18.3 Å². The van der Waals surface area contributed by atoms with Crippen molar-refractivity contribution in [2.45, 2.75) is 6.36 Å². The molecule has 0 radical (unpaired) electrons. The topological polar surface area (TPSA) is 74.0 Å². The molecule has 0 bridgehead atoms. The van der Waals surface area contributed by atoms with Gasteiger partial charge in [0.2, 0.25) is 0 Å². The van der Waals surface area contributed by atoms with E-state index in [4.69, 9.17) is 13.9 Å². The van der Waals surface area contributed by atoms with Gasteiger partial charge in [-0.2, -0.15) is 0 Å². The van der Waals surface area contributed by atoms with Crippen molar-refractivity contribution in [2.24, 2.45) is 0 Å². The number of methoxy groups -OCH3 is 2. The molecule has 1 N–H and O–H groups in total. The third-order valence-electron chi connectivity index (χ3n) is 3.64. The fourth-order valence-electron chi connectivity index (χ4n) is 2.47. The van der Waals surface area contributed by atoms with Gasteiger partial charge < -0.3 is 23.7 Å². The Hall–Kier alpha value is -3.36. The quantitative estimate of drug-likeness (QED) is 0.695. The van der Waals surface area contributed by atoms with E-state index in [0.29, 0.717) is 28.3 Å². The maximum atomic E-state index is 12.3. The van der Waals surface area contributed by atoms with Crippen molar-refractivity contribution in [3.63, 3.8) is 0 Å². The first-order valence-corrected chi connectivity index (χ1v) is 7.57. The van der Waals surface area contributed by atoms with Crippen molar-refractivity contribution >= 4 is 0 Å². The van der Waals surface area contributed by atoms with E-state index in [1.807, 2.05) is 0 Å². The third kappa shape index (κ3) is 4.08. The molecule has 3 aromatic rings. The van der Waals surface area contributed by atoms with Crippen LogP contribution in [0.4, 0.5) is 13.2 Å². The van der Waals surface area contributed by atoms with Crippen LogP contribution in [0.2, 0.25) is 0 Å². The SMILES string of the molecule is COc1cc(OC)cc(-c2ncoc2-c2ccc(OC(F)(F)F)c(O)c2)c1. The summed E-state index contributed by atoms with van der Waals surface area (Å²) in [5, 5.41) is 9.85. The minimum absolute atomic E-state index is 0.249. The van der Waals surface area contributed by atoms with E-state index in [-0.39, 0.29) is 5.76 Å². The fraction of sp³-hybridized carbons (Fsp3) is 0.167. The molecule has 0 saturated carbocycles. The Kier molecular flexibility index (Phi) is 4.85. The lowest BCUT2D eigenvalue weighted by Gasteiger charge is -2.11. The molecule has 0 fully saturated rings. The van der Waals surface area contributed by atoms with Gasteiger partial charge in [0.15, 0.2) is 23.7 Å². The average molecular weight is 381 g/mol. The minimum Gasteiger partial charge on any atom is -0.504 e. The lowest BCUT2D eigenvalue weighted by atomic mass is 10.0. The molecule has 3 rings (SSSR count). The van der Waals surface area contributed by atoms with E-state index in [1.165, 1.54) is 26.7 Å². The first-order chi connectivity index (χ1) is 12.8. The number of hydrogen-bond donors (Lipinski definition) is 1. The van der Waals surface area contributed by atoms with Gasteiger partial charge in [-0.25, -0.2) is 4.98 Å². The maximum absolute atomic E-state index is 12.3. The van der Waals surface area contributed by atoms with Crippen LogP contribution in [-0.4, -0.2) is 30.7 Å². The van der Waals surface area contributed by atoms with Gasteiger partial charge in [0.05, 0.1) is 14.2 Å². The van der Waals surface area contributed by atoms with E-state index >= 15 is 0 Å². The fourth-order valence-corrected chi connectivity index (χ4v) is 2.47. The predicted octanol–water partition coefficient (Wildman–Crippen LogP) is 4.63. The number of phenols is 1. The van der Waals surface area contributed by atoms with Crippen LogP contribution in [0.25, 0.3) is 22.6 Å². The summed E-state index contributed by atoms with van der Waals surface area (Å²) in [6.45, 7) is 0. The Morgan fingerprint density at radius 3 is 2.19 bits per heavy atom. The zero-order chi connectivity index (χ0) is 19.6. The molecule has 0 amide bonds. The Labute approximate surface area is 151 Å². The highest BCUT2D eigenvalue weighted by molar-refractivity contribution is 5.79. The number of benzene rings is 2. The second-order valence-corrected chi connectivity index (χ2v) is 5.36. The van der Waals surface area contributed by atoms with Gasteiger partial charge in [0, 0.05) is 17.2 Å². The van der Waals surface area contributed by atoms with Crippen molar-refractivity contribution in [3.8, 4) is 45.6 Å². The van der Waals surface area contributed by atoms with Crippen molar-refractivity contribution < 1.29 is 36.9 Å². The van der Waals surface area contributed by atoms with Crippen LogP contribution in [0, 0.1) is 0 Å². The number of oxazole rings is 1. The zero-order valence-corrected chi connectivity index (χ0v) is 14.2. The van der Waals surface area contributed by atoms with Crippen LogP contribution < -0.4 is 14.2 Å². The molecule has 0 atom stereocenters. The van der Waals surface area contributed by atoms with E-state index in [0.717, 1.165) is 12.1 Å². The number of nitrogens with zero attached hydrogens (tertiary/aromatic N) is 1. The Balaban J connectivity index is 2.02. The summed E-state index contributed by atoms with van der Waals surface area (Å²) < 4.78 is 56.6. The number of halogens is 3. The van der Waals surface area contributed by atoms with Crippen molar-refractivity contribution in [1.29, 1.82) is 0 Å². The normalized spacial score (nSPS) is 11.3. The van der Waals surface area contributed by atoms with E-state index in [2.05, 4.69) is 9.72 Å². The zero-order valence-electron chi connectivity index (χ0n) is 14.2. The Morgan fingerprint density at radius 2 is 1.63 bits per heavy atom. The summed E-state index contributed by atoms with van der Waals surface area (Å²) in [5.74, 6) is -0.102. The highest BCUT2D eigenvalue weighted by Gasteiger charge is 2.32. The lowest BCUT2D eigenvalue weighted by molar-refractivity contribution is -0.275. The van der Waals surface area contributed by atoms with Gasteiger partial charge in [-0.3, -0.25) is 0 Å². The summed E-state index contributed by atoms with van der Waals surface area (Å²) in [6, 6.07) is 8.50. The van der Waals surface area contributed by atoms with Crippen LogP contribution in [0.5, 0.6) is 23.0 Å². The van der Waals surface area contributed by atoms with E-state index in [1.54, 1.807) is 18.2 Å². The molecule has 27 heavy (non-hydrogen) atoms. The van der Waals surface area contributed by atoms with Crippen molar-refractivity contribution in [2.75, 3.05) is 14.2 Å². The molecule has 2 aromatic carbocycles. The molecule has 6 nitrogen and oxygen atoms in total. The lowest BCUT2D eigenvalue weighted by Crippen LogP contribution is -2.17. The molecule has 0 aliphatic carbocycles. The molecule has 9 heteroatoms. The molecule has 0 saturated heterocycles. The van der Waals surface area contributed by atoms with Crippen molar-refractivity contribution in [1.82, 2.24) is 4.98 Å². The first kappa shape index (κ1) is 18.4. The molecular weight excluding hydrogens is 367 g/mol. The first-order valence-electron chi connectivity index (χ1n) is 7.57. The summed E-state index contributed by atoms with van der Waals surface area (Å²) in [6.07, 6.45) is -3.72. The molecular formula is C18H14F3NO5. The van der Waals surface area contributed by atoms with Crippen LogP contribution in [0.15, 0.2) is 47.2 Å². The average Bonchev–Trinajstić information content (AvgIpc) is 3.11. The summed E-state index contributed by atoms with van der Waals surface area (Å²) in [4.78, 5) is 4.15. The van der Waals surface area contributed by atoms with E-state index < -0.39 is 17.9 Å². The standard InChI is InChI=1S/C18H14F3NO5/c1-24-12-5-11(6-13(8-12)25-2)16-17(26-9-22-16)10-3-4-15(14(23)7-10)27-18(19,20)21/h3-9,23H,1-2H3. The summed E-state index contributed by atoms with van der Waals surface area (Å²) in [7, 11) is 3.00. The smallest absolute Gasteiger partial charge is 0.504 e. The van der Waals surface area contributed by atoms with Gasteiger partial charge in [0.25, 0.3) is 0 Å². The number of hydrogen-bond acceptors (Lipinski definition) is 6. The van der Waals surface area contributed by atoms with Gasteiger partial charge >= 0.3 is 6.36 Å². The van der Waals surface area contributed by atoms with Crippen LogP contribution >= 0.6 is 0 Å². The molecule has 0 spiro atoms. The van der Waals surface area contributed by atoms with Gasteiger partial charge in [-0.1, -0.05) is 0 Å². The maximum Gasteiger partial charge on any atom is 0.573 e. The molecule has 0 aliphatic rings. The second-order valence-electron chi connectivity index (χ2n) is 5.36. The highest BCUT2D eigenvalue weighted by Crippen LogP contribution is 2.39.